The molecule has 2 aromatic rings. The molecule has 132 valence electrons. The first kappa shape index (κ1) is 18.5. The normalized spacial score (nSPS) is 14.7. The Balaban J connectivity index is 2.08. The quantitative estimate of drug-likeness (QED) is 0.455. The third-order valence-electron chi connectivity index (χ3n) is 4.74. The third-order valence-corrected chi connectivity index (χ3v) is 6.88. The second-order valence-corrected chi connectivity index (χ2v) is 8.58. The summed E-state index contributed by atoms with van der Waals surface area (Å²) in [5.74, 6) is 0. The Morgan fingerprint density at radius 1 is 0.600 bits per heavy atom. The molecule has 0 bridgehead atoms. The van der Waals surface area contributed by atoms with Crippen LogP contribution in [0.1, 0.15) is 33.4 Å². The molecular formula is C21H24Br2N2. The molecule has 0 amide bonds. The van der Waals surface area contributed by atoms with E-state index < -0.39 is 0 Å². The number of hydrogen-bond donors (Lipinski definition) is 0. The van der Waals surface area contributed by atoms with Crippen LogP contribution in [0.2, 0.25) is 0 Å². The molecule has 2 nitrogen and oxygen atoms in total. The first-order valence-electron chi connectivity index (χ1n) is 8.46. The minimum absolute atomic E-state index is 0.788. The summed E-state index contributed by atoms with van der Waals surface area (Å²) in [6.45, 7) is 13.8. The largest absolute Gasteiger partial charge is 0.314 e. The van der Waals surface area contributed by atoms with Crippen LogP contribution in [0.3, 0.4) is 0 Å². The van der Waals surface area contributed by atoms with E-state index in [2.05, 4.69) is 107 Å². The second-order valence-electron chi connectivity index (χ2n) is 7.07. The van der Waals surface area contributed by atoms with Gasteiger partial charge in [0, 0.05) is 11.4 Å². The molecule has 2 aromatic carbocycles. The van der Waals surface area contributed by atoms with Crippen molar-refractivity contribution in [2.24, 2.45) is 0 Å². The van der Waals surface area contributed by atoms with Gasteiger partial charge < -0.3 is 9.80 Å². The monoisotopic (exact) mass is 462 g/mol. The van der Waals surface area contributed by atoms with E-state index in [0.29, 0.717) is 0 Å². The Kier molecular flexibility index (Phi) is 5.04. The minimum Gasteiger partial charge on any atom is -0.314 e. The highest BCUT2D eigenvalue weighted by atomic mass is 79.9. The van der Waals surface area contributed by atoms with E-state index >= 15 is 0 Å². The summed E-state index contributed by atoms with van der Waals surface area (Å²) in [5, 5.41) is 0. The first-order chi connectivity index (χ1) is 11.7. The van der Waals surface area contributed by atoms with Crippen LogP contribution in [0.25, 0.3) is 0 Å². The molecule has 0 aliphatic carbocycles. The minimum atomic E-state index is 0.788. The Morgan fingerprint density at radius 3 is 1.16 bits per heavy atom. The van der Waals surface area contributed by atoms with Crippen molar-refractivity contribution in [2.45, 2.75) is 41.5 Å². The highest BCUT2D eigenvalue weighted by Crippen LogP contribution is 2.43. The maximum atomic E-state index is 3.81. The average molecular weight is 464 g/mol. The molecule has 1 heterocycles. The fourth-order valence-electron chi connectivity index (χ4n) is 4.02. The van der Waals surface area contributed by atoms with Gasteiger partial charge in [-0.25, -0.2) is 0 Å². The fraction of sp³-hybridized carbons (Fsp3) is 0.333. The Bertz CT molecular complexity index is 766. The van der Waals surface area contributed by atoms with Crippen LogP contribution >= 0.6 is 31.9 Å². The predicted molar refractivity (Wildman–Crippen MR) is 116 cm³/mol. The topological polar surface area (TPSA) is 6.48 Å². The number of aryl methyl sites for hydroxylation is 6. The standard InChI is InChI=1S/C21H24Br2N2/c1-12-7-14(3)18(15(4)8-12)24-11-25(21(23)20(24)22)19-16(5)9-13(2)10-17(19)6/h7-10H,11H2,1-6H3. The van der Waals surface area contributed by atoms with Crippen LogP contribution in [0.4, 0.5) is 11.4 Å². The molecular weight excluding hydrogens is 440 g/mol. The van der Waals surface area contributed by atoms with Crippen LogP contribution in [0.5, 0.6) is 0 Å². The molecule has 0 atom stereocenters. The molecule has 0 N–H and O–H groups in total. The van der Waals surface area contributed by atoms with E-state index in [1.165, 1.54) is 44.8 Å². The van der Waals surface area contributed by atoms with Gasteiger partial charge >= 0.3 is 0 Å². The van der Waals surface area contributed by atoms with E-state index in [9.17, 15) is 0 Å². The lowest BCUT2D eigenvalue weighted by atomic mass is 10.0. The van der Waals surface area contributed by atoms with Gasteiger partial charge in [0.15, 0.2) is 0 Å². The van der Waals surface area contributed by atoms with E-state index in [4.69, 9.17) is 0 Å². The fourth-order valence-corrected chi connectivity index (χ4v) is 5.03. The lowest BCUT2D eigenvalue weighted by molar-refractivity contribution is 0.948. The number of halogens is 2. The van der Waals surface area contributed by atoms with Crippen molar-refractivity contribution in [2.75, 3.05) is 16.5 Å². The van der Waals surface area contributed by atoms with E-state index in [1.807, 2.05) is 0 Å². The molecule has 1 aliphatic rings. The molecule has 0 fully saturated rings. The molecule has 1 aliphatic heterocycles. The van der Waals surface area contributed by atoms with Gasteiger partial charge in [-0.2, -0.15) is 0 Å². The lowest BCUT2D eigenvalue weighted by Crippen LogP contribution is -2.28. The highest BCUT2D eigenvalue weighted by Gasteiger charge is 2.31. The molecule has 0 unspecified atom stereocenters. The van der Waals surface area contributed by atoms with Gasteiger partial charge in [-0.05, 0) is 95.7 Å². The van der Waals surface area contributed by atoms with Crippen molar-refractivity contribution in [1.82, 2.24) is 0 Å². The van der Waals surface area contributed by atoms with Gasteiger partial charge in [0.25, 0.3) is 0 Å². The van der Waals surface area contributed by atoms with Crippen molar-refractivity contribution in [1.29, 1.82) is 0 Å². The smallest absolute Gasteiger partial charge is 0.118 e. The number of rotatable bonds is 2. The molecule has 0 spiro atoms. The SMILES string of the molecule is Cc1cc(C)c(N2CN(c3c(C)cc(C)cc3C)C(Br)=C2Br)c(C)c1. The number of anilines is 2. The Morgan fingerprint density at radius 2 is 0.880 bits per heavy atom. The summed E-state index contributed by atoms with van der Waals surface area (Å²) < 4.78 is 2.14. The molecule has 0 aromatic heterocycles. The maximum absolute atomic E-state index is 3.81. The molecule has 25 heavy (non-hydrogen) atoms. The van der Waals surface area contributed by atoms with Crippen LogP contribution in [-0.2, 0) is 0 Å². The number of nitrogens with zero attached hydrogens (tertiary/aromatic N) is 2. The van der Waals surface area contributed by atoms with Gasteiger partial charge in [0.1, 0.15) is 15.9 Å². The van der Waals surface area contributed by atoms with Crippen molar-refractivity contribution in [3.05, 3.63) is 66.9 Å². The lowest BCUT2D eigenvalue weighted by Gasteiger charge is -2.28. The van der Waals surface area contributed by atoms with Crippen LogP contribution in [0.15, 0.2) is 33.5 Å². The van der Waals surface area contributed by atoms with Gasteiger partial charge in [-0.3, -0.25) is 0 Å². The average Bonchev–Trinajstić information content (AvgIpc) is 2.74. The molecule has 0 radical (unpaired) electrons. The summed E-state index contributed by atoms with van der Waals surface area (Å²) >= 11 is 7.62. The summed E-state index contributed by atoms with van der Waals surface area (Å²) in [7, 11) is 0. The van der Waals surface area contributed by atoms with E-state index in [-0.39, 0.29) is 0 Å². The van der Waals surface area contributed by atoms with Gasteiger partial charge in [0.05, 0.1) is 0 Å². The molecule has 3 rings (SSSR count). The van der Waals surface area contributed by atoms with Crippen LogP contribution in [0, 0.1) is 41.5 Å². The Labute approximate surface area is 167 Å². The number of hydrogen-bond acceptors (Lipinski definition) is 2. The summed E-state index contributed by atoms with van der Waals surface area (Å²) in [6.07, 6.45) is 0. The Hall–Kier alpha value is -1.26. The van der Waals surface area contributed by atoms with Gasteiger partial charge in [-0.1, -0.05) is 35.4 Å². The summed E-state index contributed by atoms with van der Waals surface area (Å²) in [6, 6.07) is 9.01. The predicted octanol–water partition coefficient (Wildman–Crippen LogP) is 6.74. The van der Waals surface area contributed by atoms with Crippen molar-refractivity contribution < 1.29 is 0 Å². The van der Waals surface area contributed by atoms with Crippen molar-refractivity contribution >= 4 is 43.2 Å². The summed E-state index contributed by atoms with van der Waals surface area (Å²) in [4.78, 5) is 4.68. The number of benzene rings is 2. The highest BCUT2D eigenvalue weighted by molar-refractivity contribution is 9.14. The molecule has 0 saturated carbocycles. The van der Waals surface area contributed by atoms with Gasteiger partial charge in [0.2, 0.25) is 0 Å². The first-order valence-corrected chi connectivity index (χ1v) is 10.1. The molecule has 4 heteroatoms. The summed E-state index contributed by atoms with van der Waals surface area (Å²) in [5.41, 5.74) is 10.4. The zero-order valence-electron chi connectivity index (χ0n) is 15.7. The zero-order valence-corrected chi connectivity index (χ0v) is 18.8. The maximum Gasteiger partial charge on any atom is 0.118 e. The second kappa shape index (κ2) is 6.81. The zero-order chi connectivity index (χ0) is 18.5. The van der Waals surface area contributed by atoms with E-state index in [0.717, 1.165) is 15.9 Å². The van der Waals surface area contributed by atoms with Crippen molar-refractivity contribution in [3.63, 3.8) is 0 Å². The van der Waals surface area contributed by atoms with Gasteiger partial charge in [-0.15, -0.1) is 0 Å². The van der Waals surface area contributed by atoms with Crippen LogP contribution in [-0.4, -0.2) is 6.67 Å². The van der Waals surface area contributed by atoms with Crippen LogP contribution < -0.4 is 9.80 Å². The molecule has 0 saturated heterocycles. The van der Waals surface area contributed by atoms with Crippen molar-refractivity contribution in [3.8, 4) is 0 Å². The van der Waals surface area contributed by atoms with E-state index in [1.54, 1.807) is 0 Å². The third kappa shape index (κ3) is 3.26.